The van der Waals surface area contributed by atoms with Gasteiger partial charge in [-0.2, -0.15) is 0 Å². The Morgan fingerprint density at radius 2 is 2.33 bits per heavy atom. The van der Waals surface area contributed by atoms with Crippen LogP contribution < -0.4 is 5.32 Å². The van der Waals surface area contributed by atoms with Crippen molar-refractivity contribution in [3.63, 3.8) is 0 Å². The Hall–Kier alpha value is 0.310. The second-order valence-electron chi connectivity index (χ2n) is 1.20. The average molecular weight is 104 g/mol. The third kappa shape index (κ3) is 4.31. The minimum atomic E-state index is 0.231. The van der Waals surface area contributed by atoms with E-state index in [0.717, 1.165) is 6.54 Å². The third-order valence-electron chi connectivity index (χ3n) is 0.492. The van der Waals surface area contributed by atoms with E-state index in [1.54, 1.807) is 0 Å². The molecule has 6 heavy (non-hydrogen) atoms. The summed E-state index contributed by atoms with van der Waals surface area (Å²) < 4.78 is 0. The summed E-state index contributed by atoms with van der Waals surface area (Å²) in [7, 11) is 0. The van der Waals surface area contributed by atoms with Crippen LogP contribution in [0.25, 0.3) is 0 Å². The Kier molecular flexibility index (Phi) is 3.68. The molecule has 0 heterocycles. The molecule has 0 aliphatic heterocycles. The predicted octanol–water partition coefficient (Wildman–Crippen LogP) is 1.14. The Morgan fingerprint density at radius 3 is 2.33 bits per heavy atom. The van der Waals surface area contributed by atoms with E-state index >= 15 is 0 Å². The molecule has 0 aromatic carbocycles. The zero-order valence-electron chi connectivity index (χ0n) is 4.19. The van der Waals surface area contributed by atoms with Gasteiger partial charge in [-0.25, -0.2) is 0 Å². The molecule has 0 fully saturated rings. The van der Waals surface area contributed by atoms with E-state index in [4.69, 9.17) is 12.6 Å². The second-order valence-corrected chi connectivity index (χ2v) is 1.91. The maximum atomic E-state index is 4.77. The Morgan fingerprint density at radius 1 is 1.83 bits per heavy atom. The molecule has 0 aliphatic carbocycles. The highest BCUT2D eigenvalue weighted by Gasteiger charge is 1.84. The standard InChI is InChI=1S/C4H10NS/c1-3-5-4(2)6/h4-5H,3H2,1-2H3. The fourth-order valence-corrected chi connectivity index (χ4v) is 0.454. The van der Waals surface area contributed by atoms with Gasteiger partial charge in [0.15, 0.2) is 0 Å². The third-order valence-corrected chi connectivity index (χ3v) is 0.658. The van der Waals surface area contributed by atoms with E-state index in [1.807, 2.05) is 13.8 Å². The molecule has 1 atom stereocenters. The molecule has 2 heteroatoms. The van der Waals surface area contributed by atoms with E-state index < -0.39 is 0 Å². The first kappa shape index (κ1) is 6.31. The fourth-order valence-electron chi connectivity index (χ4n) is 0.287. The molecule has 1 radical (unpaired) electrons. The van der Waals surface area contributed by atoms with Gasteiger partial charge in [0, 0.05) is 0 Å². The summed E-state index contributed by atoms with van der Waals surface area (Å²) in [6.07, 6.45) is 0. The van der Waals surface area contributed by atoms with E-state index in [1.165, 1.54) is 0 Å². The van der Waals surface area contributed by atoms with Gasteiger partial charge >= 0.3 is 0 Å². The van der Waals surface area contributed by atoms with Gasteiger partial charge in [-0.1, -0.05) is 19.6 Å². The highest BCUT2D eigenvalue weighted by molar-refractivity contribution is 7.80. The van der Waals surface area contributed by atoms with Crippen LogP contribution >= 0.6 is 12.6 Å². The summed E-state index contributed by atoms with van der Waals surface area (Å²) in [5, 5.41) is 3.25. The lowest BCUT2D eigenvalue weighted by atomic mass is 10.7. The van der Waals surface area contributed by atoms with Gasteiger partial charge in [0.2, 0.25) is 0 Å². The van der Waals surface area contributed by atoms with Crippen LogP contribution in [-0.2, 0) is 0 Å². The zero-order valence-corrected chi connectivity index (χ0v) is 5.01. The normalized spacial score (nSPS) is 14.5. The second kappa shape index (κ2) is 3.50. The molecule has 1 N–H and O–H groups in total. The molecule has 0 aliphatic rings. The Balaban J connectivity index is 2.63. The molecule has 37 valence electrons. The van der Waals surface area contributed by atoms with Gasteiger partial charge < -0.3 is 5.32 Å². The molecule has 0 aromatic rings. The fraction of sp³-hybridized carbons (Fsp3) is 1.00. The lowest BCUT2D eigenvalue weighted by molar-refractivity contribution is 0.724. The molecular formula is C4H10NS. The average Bonchev–Trinajstić information content (AvgIpc) is 1.35. The number of hydrogen-bond acceptors (Lipinski definition) is 1. The molecule has 0 saturated carbocycles. The minimum Gasteiger partial charge on any atom is -0.305 e. The molecule has 0 rings (SSSR count). The van der Waals surface area contributed by atoms with Gasteiger partial charge in [-0.3, -0.25) is 0 Å². The smallest absolute Gasteiger partial charge is 0.0608 e. The first-order valence-electron chi connectivity index (χ1n) is 2.16. The number of hydrogen-bond donors (Lipinski definition) is 1. The van der Waals surface area contributed by atoms with Crippen molar-refractivity contribution >= 4 is 12.6 Å². The van der Waals surface area contributed by atoms with Crippen molar-refractivity contribution in [3.8, 4) is 0 Å². The quantitative estimate of drug-likeness (QED) is 0.554. The maximum Gasteiger partial charge on any atom is 0.0608 e. The van der Waals surface area contributed by atoms with Crippen LogP contribution in [0, 0.1) is 0 Å². The maximum absolute atomic E-state index is 4.77. The summed E-state index contributed by atoms with van der Waals surface area (Å²) in [6, 6.07) is 0. The Labute approximate surface area is 44.5 Å². The molecule has 0 spiro atoms. The van der Waals surface area contributed by atoms with Gasteiger partial charge in [0.1, 0.15) is 0 Å². The van der Waals surface area contributed by atoms with E-state index in [-0.39, 0.29) is 5.37 Å². The summed E-state index contributed by atoms with van der Waals surface area (Å²) in [5.74, 6) is 0. The first-order valence-corrected chi connectivity index (χ1v) is 2.63. The summed E-state index contributed by atoms with van der Waals surface area (Å²) in [5.41, 5.74) is 0. The van der Waals surface area contributed by atoms with Crippen LogP contribution in [0.3, 0.4) is 0 Å². The molecule has 1 nitrogen and oxygen atoms in total. The van der Waals surface area contributed by atoms with Crippen molar-refractivity contribution in [2.45, 2.75) is 19.2 Å². The van der Waals surface area contributed by atoms with E-state index in [2.05, 4.69) is 5.32 Å². The predicted molar refractivity (Wildman–Crippen MR) is 30.7 cm³/mol. The summed E-state index contributed by atoms with van der Waals surface area (Å²) in [6.45, 7) is 4.98. The van der Waals surface area contributed by atoms with Crippen molar-refractivity contribution < 1.29 is 0 Å². The van der Waals surface area contributed by atoms with Crippen molar-refractivity contribution in [1.29, 1.82) is 0 Å². The van der Waals surface area contributed by atoms with E-state index in [0.29, 0.717) is 0 Å². The highest BCUT2D eigenvalue weighted by atomic mass is 32.1. The largest absolute Gasteiger partial charge is 0.305 e. The van der Waals surface area contributed by atoms with E-state index in [9.17, 15) is 0 Å². The monoisotopic (exact) mass is 104 g/mol. The molecule has 0 bridgehead atoms. The van der Waals surface area contributed by atoms with Gasteiger partial charge in [0.25, 0.3) is 0 Å². The lowest BCUT2D eigenvalue weighted by Crippen LogP contribution is -2.19. The van der Waals surface area contributed by atoms with Gasteiger partial charge in [-0.05, 0) is 13.5 Å². The topological polar surface area (TPSA) is 12.0 Å². The Bertz CT molecular complexity index is 28.7. The first-order chi connectivity index (χ1) is 2.77. The van der Waals surface area contributed by atoms with Crippen LogP contribution in [0.5, 0.6) is 0 Å². The number of nitrogens with one attached hydrogen (secondary N) is 1. The van der Waals surface area contributed by atoms with Crippen LogP contribution in [0.4, 0.5) is 0 Å². The van der Waals surface area contributed by atoms with Crippen molar-refractivity contribution in [2.75, 3.05) is 6.54 Å². The SMILES string of the molecule is CCNC(C)[S]. The molecule has 0 amide bonds. The molecular weight excluding hydrogens is 94.1 g/mol. The van der Waals surface area contributed by atoms with Crippen LogP contribution in [0.15, 0.2) is 0 Å². The van der Waals surface area contributed by atoms with Crippen molar-refractivity contribution in [2.24, 2.45) is 0 Å². The van der Waals surface area contributed by atoms with Gasteiger partial charge in [0.05, 0.1) is 5.37 Å². The molecule has 0 saturated heterocycles. The highest BCUT2D eigenvalue weighted by Crippen LogP contribution is 1.81. The van der Waals surface area contributed by atoms with Crippen molar-refractivity contribution in [3.05, 3.63) is 0 Å². The van der Waals surface area contributed by atoms with Gasteiger partial charge in [-0.15, -0.1) is 0 Å². The molecule has 1 unspecified atom stereocenters. The molecule has 0 aromatic heterocycles. The van der Waals surface area contributed by atoms with Crippen LogP contribution in [0.2, 0.25) is 0 Å². The van der Waals surface area contributed by atoms with Crippen molar-refractivity contribution in [1.82, 2.24) is 5.32 Å². The number of rotatable bonds is 2. The van der Waals surface area contributed by atoms with Crippen LogP contribution in [0.1, 0.15) is 13.8 Å². The summed E-state index contributed by atoms with van der Waals surface area (Å²) >= 11 is 4.77. The van der Waals surface area contributed by atoms with Crippen LogP contribution in [-0.4, -0.2) is 11.9 Å². The zero-order chi connectivity index (χ0) is 4.99. The lowest BCUT2D eigenvalue weighted by Gasteiger charge is -1.98. The minimum absolute atomic E-state index is 0.231. The summed E-state index contributed by atoms with van der Waals surface area (Å²) in [4.78, 5) is 0.